The summed E-state index contributed by atoms with van der Waals surface area (Å²) in [5, 5.41) is 2.91. The summed E-state index contributed by atoms with van der Waals surface area (Å²) >= 11 is 0. The Morgan fingerprint density at radius 1 is 1.04 bits per heavy atom. The molecule has 0 unspecified atom stereocenters. The summed E-state index contributed by atoms with van der Waals surface area (Å²) in [4.78, 5) is 18.8. The molecule has 1 aliphatic heterocycles. The van der Waals surface area contributed by atoms with Gasteiger partial charge in [-0.25, -0.2) is 0 Å². The predicted octanol–water partition coefficient (Wildman–Crippen LogP) is 3.38. The van der Waals surface area contributed by atoms with Crippen LogP contribution in [0.2, 0.25) is 0 Å². The lowest BCUT2D eigenvalue weighted by Crippen LogP contribution is -2.24. The van der Waals surface area contributed by atoms with Gasteiger partial charge in [0.15, 0.2) is 11.5 Å². The molecular formula is C22H21N3O3. The molecule has 0 saturated carbocycles. The summed E-state index contributed by atoms with van der Waals surface area (Å²) < 4.78 is 10.7. The van der Waals surface area contributed by atoms with Gasteiger partial charge >= 0.3 is 0 Å². The van der Waals surface area contributed by atoms with Crippen molar-refractivity contribution >= 4 is 11.6 Å². The number of anilines is 1. The summed E-state index contributed by atoms with van der Waals surface area (Å²) in [6.45, 7) is 1.38. The number of hydrogen-bond acceptors (Lipinski definition) is 5. The third kappa shape index (κ3) is 4.06. The number of amides is 1. The largest absolute Gasteiger partial charge is 0.454 e. The quantitative estimate of drug-likeness (QED) is 0.716. The Kier molecular flexibility index (Phi) is 5.10. The van der Waals surface area contributed by atoms with Crippen molar-refractivity contribution in [1.29, 1.82) is 0 Å². The van der Waals surface area contributed by atoms with E-state index < -0.39 is 0 Å². The fourth-order valence-corrected chi connectivity index (χ4v) is 3.05. The minimum atomic E-state index is -0.215. The lowest BCUT2D eigenvalue weighted by molar-refractivity contribution is 0.0946. The zero-order chi connectivity index (χ0) is 19.3. The average Bonchev–Trinajstić information content (AvgIpc) is 3.20. The Hall–Kier alpha value is -3.54. The first-order valence-corrected chi connectivity index (χ1v) is 9.07. The highest BCUT2D eigenvalue weighted by Gasteiger charge is 2.14. The predicted molar refractivity (Wildman–Crippen MR) is 107 cm³/mol. The van der Waals surface area contributed by atoms with Crippen LogP contribution in [0.15, 0.2) is 66.9 Å². The zero-order valence-electron chi connectivity index (χ0n) is 15.6. The molecule has 1 N–H and O–H groups in total. The number of fused-ring (bicyclic) bond motifs is 1. The highest BCUT2D eigenvalue weighted by atomic mass is 16.7. The molecule has 0 bridgehead atoms. The SMILES string of the molecule is CN(Cc1ccccc1)c1ccnc(C(=O)NCc2ccc3c(c2)OCO3)c1. The van der Waals surface area contributed by atoms with E-state index in [4.69, 9.17) is 9.47 Å². The van der Waals surface area contributed by atoms with Gasteiger partial charge in [0.25, 0.3) is 5.91 Å². The van der Waals surface area contributed by atoms with E-state index in [9.17, 15) is 4.79 Å². The first-order chi connectivity index (χ1) is 13.7. The topological polar surface area (TPSA) is 63.7 Å². The summed E-state index contributed by atoms with van der Waals surface area (Å²) in [5.41, 5.74) is 3.47. The number of nitrogens with zero attached hydrogens (tertiary/aromatic N) is 2. The van der Waals surface area contributed by atoms with Crippen LogP contribution in [0.5, 0.6) is 11.5 Å². The van der Waals surface area contributed by atoms with Gasteiger partial charge in [0.2, 0.25) is 6.79 Å². The van der Waals surface area contributed by atoms with Crippen LogP contribution in [-0.2, 0) is 13.1 Å². The number of hydrogen-bond donors (Lipinski definition) is 1. The summed E-state index contributed by atoms with van der Waals surface area (Å²) in [7, 11) is 2.00. The maximum atomic E-state index is 12.5. The fraction of sp³-hybridized carbons (Fsp3) is 0.182. The van der Waals surface area contributed by atoms with E-state index in [1.54, 1.807) is 12.3 Å². The Balaban J connectivity index is 1.40. The average molecular weight is 375 g/mol. The number of pyridine rings is 1. The lowest BCUT2D eigenvalue weighted by Gasteiger charge is -2.19. The second-order valence-corrected chi connectivity index (χ2v) is 6.61. The van der Waals surface area contributed by atoms with Gasteiger partial charge in [-0.05, 0) is 35.4 Å². The Bertz CT molecular complexity index is 976. The van der Waals surface area contributed by atoms with Crippen molar-refractivity contribution in [3.8, 4) is 11.5 Å². The van der Waals surface area contributed by atoms with Crippen molar-refractivity contribution in [3.05, 3.63) is 83.7 Å². The summed E-state index contributed by atoms with van der Waals surface area (Å²) in [5.74, 6) is 1.22. The van der Waals surface area contributed by atoms with E-state index >= 15 is 0 Å². The second-order valence-electron chi connectivity index (χ2n) is 6.61. The molecule has 0 aliphatic carbocycles. The molecule has 3 aromatic rings. The van der Waals surface area contributed by atoms with E-state index in [1.165, 1.54) is 5.56 Å². The van der Waals surface area contributed by atoms with Crippen LogP contribution in [0.25, 0.3) is 0 Å². The van der Waals surface area contributed by atoms with E-state index in [0.717, 1.165) is 23.5 Å². The van der Waals surface area contributed by atoms with Gasteiger partial charge in [-0.3, -0.25) is 9.78 Å². The smallest absolute Gasteiger partial charge is 0.270 e. The normalized spacial score (nSPS) is 11.9. The first kappa shape index (κ1) is 17.9. The number of carbonyl (C=O) groups is 1. The van der Waals surface area contributed by atoms with Crippen molar-refractivity contribution in [3.63, 3.8) is 0 Å². The number of aromatic nitrogens is 1. The first-order valence-electron chi connectivity index (χ1n) is 9.07. The van der Waals surface area contributed by atoms with Crippen molar-refractivity contribution < 1.29 is 14.3 Å². The van der Waals surface area contributed by atoms with Crippen LogP contribution < -0.4 is 19.7 Å². The molecule has 1 aliphatic rings. The highest BCUT2D eigenvalue weighted by Crippen LogP contribution is 2.32. The molecule has 2 heterocycles. The van der Waals surface area contributed by atoms with Gasteiger partial charge in [0.05, 0.1) is 0 Å². The zero-order valence-corrected chi connectivity index (χ0v) is 15.6. The maximum absolute atomic E-state index is 12.5. The van der Waals surface area contributed by atoms with Crippen LogP contribution in [0.4, 0.5) is 5.69 Å². The number of rotatable bonds is 6. The van der Waals surface area contributed by atoms with Gasteiger partial charge in [0, 0.05) is 32.0 Å². The van der Waals surface area contributed by atoms with Gasteiger partial charge in [-0.2, -0.15) is 0 Å². The Labute approximate surface area is 163 Å². The molecule has 1 amide bonds. The van der Waals surface area contributed by atoms with Crippen LogP contribution >= 0.6 is 0 Å². The molecule has 4 rings (SSSR count). The van der Waals surface area contributed by atoms with E-state index in [-0.39, 0.29) is 12.7 Å². The van der Waals surface area contributed by atoms with Crippen molar-refractivity contribution in [2.45, 2.75) is 13.1 Å². The minimum Gasteiger partial charge on any atom is -0.454 e. The molecule has 0 fully saturated rings. The number of nitrogens with one attached hydrogen (secondary N) is 1. The number of carbonyl (C=O) groups excluding carboxylic acids is 1. The summed E-state index contributed by atoms with van der Waals surface area (Å²) in [6, 6.07) is 19.5. The summed E-state index contributed by atoms with van der Waals surface area (Å²) in [6.07, 6.45) is 1.66. The third-order valence-electron chi connectivity index (χ3n) is 4.57. The number of benzene rings is 2. The highest BCUT2D eigenvalue weighted by molar-refractivity contribution is 5.93. The molecule has 6 nitrogen and oxygen atoms in total. The Morgan fingerprint density at radius 2 is 1.86 bits per heavy atom. The molecule has 1 aromatic heterocycles. The third-order valence-corrected chi connectivity index (χ3v) is 4.57. The monoisotopic (exact) mass is 375 g/mol. The molecule has 28 heavy (non-hydrogen) atoms. The molecular weight excluding hydrogens is 354 g/mol. The van der Waals surface area contributed by atoms with Crippen LogP contribution in [0, 0.1) is 0 Å². The second kappa shape index (κ2) is 8.00. The minimum absolute atomic E-state index is 0.215. The van der Waals surface area contributed by atoms with Crippen LogP contribution in [0.3, 0.4) is 0 Å². The molecule has 0 saturated heterocycles. The van der Waals surface area contributed by atoms with E-state index in [2.05, 4.69) is 27.3 Å². The van der Waals surface area contributed by atoms with Crippen molar-refractivity contribution in [2.24, 2.45) is 0 Å². The Morgan fingerprint density at radius 3 is 2.71 bits per heavy atom. The fourth-order valence-electron chi connectivity index (χ4n) is 3.05. The van der Waals surface area contributed by atoms with Gasteiger partial charge < -0.3 is 19.7 Å². The molecule has 0 atom stereocenters. The van der Waals surface area contributed by atoms with Crippen molar-refractivity contribution in [1.82, 2.24) is 10.3 Å². The van der Waals surface area contributed by atoms with E-state index in [1.807, 2.05) is 49.5 Å². The number of ether oxygens (including phenoxy) is 2. The molecule has 0 spiro atoms. The van der Waals surface area contributed by atoms with Gasteiger partial charge in [0.1, 0.15) is 5.69 Å². The van der Waals surface area contributed by atoms with Gasteiger partial charge in [-0.1, -0.05) is 36.4 Å². The molecule has 6 heteroatoms. The molecule has 2 aromatic carbocycles. The maximum Gasteiger partial charge on any atom is 0.270 e. The van der Waals surface area contributed by atoms with E-state index in [0.29, 0.717) is 18.0 Å². The van der Waals surface area contributed by atoms with Crippen molar-refractivity contribution in [2.75, 3.05) is 18.7 Å². The van der Waals surface area contributed by atoms with Gasteiger partial charge in [-0.15, -0.1) is 0 Å². The molecule has 0 radical (unpaired) electrons. The van der Waals surface area contributed by atoms with Crippen LogP contribution in [-0.4, -0.2) is 24.7 Å². The van der Waals surface area contributed by atoms with Crippen LogP contribution in [0.1, 0.15) is 21.6 Å². The standard InChI is InChI=1S/C22H21N3O3/c1-25(14-16-5-3-2-4-6-16)18-9-10-23-19(12-18)22(26)24-13-17-7-8-20-21(11-17)28-15-27-20/h2-12H,13-15H2,1H3,(H,24,26). The molecule has 142 valence electrons. The lowest BCUT2D eigenvalue weighted by atomic mass is 10.2.